The van der Waals surface area contributed by atoms with E-state index in [4.69, 9.17) is 4.74 Å². The number of carboxylic acid groups (broad SMARTS) is 1. The molecule has 0 aromatic heterocycles. The van der Waals surface area contributed by atoms with Crippen LogP contribution in [0.1, 0.15) is 59.9 Å². The van der Waals surface area contributed by atoms with E-state index in [0.29, 0.717) is 12.0 Å². The van der Waals surface area contributed by atoms with E-state index in [9.17, 15) is 33.9 Å². The minimum absolute atomic E-state index is 0.0259. The van der Waals surface area contributed by atoms with Gasteiger partial charge >= 0.3 is 12.1 Å². The molecule has 0 radical (unpaired) electrons. The molecule has 7 atom stereocenters. The van der Waals surface area contributed by atoms with Gasteiger partial charge in [0.1, 0.15) is 30.3 Å². The summed E-state index contributed by atoms with van der Waals surface area (Å²) in [5.74, 6) is -6.56. The average molecular weight is 633 g/mol. The van der Waals surface area contributed by atoms with E-state index in [2.05, 4.69) is 10.6 Å². The summed E-state index contributed by atoms with van der Waals surface area (Å²) in [5, 5.41) is 14.6. The number of hydrogen-bond donors (Lipinski definition) is 3. The van der Waals surface area contributed by atoms with E-state index in [1.165, 1.54) is 4.90 Å². The minimum atomic E-state index is -1.61. The number of amides is 4. The Morgan fingerprint density at radius 3 is 2.24 bits per heavy atom. The Labute approximate surface area is 263 Å². The van der Waals surface area contributed by atoms with Crippen LogP contribution < -0.4 is 10.6 Å². The van der Waals surface area contributed by atoms with Crippen molar-refractivity contribution in [3.63, 3.8) is 0 Å². The minimum Gasteiger partial charge on any atom is -0.480 e. The van der Waals surface area contributed by atoms with Gasteiger partial charge in [0.25, 0.3) is 5.91 Å². The summed E-state index contributed by atoms with van der Waals surface area (Å²) >= 11 is 0. The highest BCUT2D eigenvalue weighted by Crippen LogP contribution is 2.39. The summed E-state index contributed by atoms with van der Waals surface area (Å²) in [6.45, 7) is 9.67. The van der Waals surface area contributed by atoms with Gasteiger partial charge in [-0.3, -0.25) is 19.2 Å². The van der Waals surface area contributed by atoms with Crippen LogP contribution in [0.15, 0.2) is 30.3 Å². The largest absolute Gasteiger partial charge is 0.480 e. The summed E-state index contributed by atoms with van der Waals surface area (Å²) in [4.78, 5) is 81.3. The van der Waals surface area contributed by atoms with E-state index in [1.807, 2.05) is 0 Å². The number of hydrogen-bond acceptors (Lipinski definition) is 7. The lowest BCUT2D eigenvalue weighted by Crippen LogP contribution is -2.60. The van der Waals surface area contributed by atoms with Crippen molar-refractivity contribution in [2.45, 2.75) is 97.2 Å². The molecule has 0 spiro atoms. The average Bonchev–Trinajstić information content (AvgIpc) is 3.29. The predicted octanol–water partition coefficient (Wildman–Crippen LogP) is 2.34. The van der Waals surface area contributed by atoms with Crippen LogP contribution in [-0.4, -0.2) is 100 Å². The third-order valence-corrected chi connectivity index (χ3v) is 8.47. The van der Waals surface area contributed by atoms with Gasteiger partial charge in [-0.25, -0.2) is 14.0 Å². The Morgan fingerprint density at radius 2 is 1.69 bits per heavy atom. The molecular formula is C32H45FN4O8. The van der Waals surface area contributed by atoms with Gasteiger partial charge in [0.05, 0.1) is 12.6 Å². The second-order valence-electron chi connectivity index (χ2n) is 12.5. The van der Waals surface area contributed by atoms with Gasteiger partial charge in [0, 0.05) is 18.9 Å². The van der Waals surface area contributed by atoms with Crippen LogP contribution in [0.3, 0.4) is 0 Å². The first kappa shape index (κ1) is 35.4. The molecule has 2 saturated heterocycles. The number of Topliss-reactive ketones (excluding diaryl/α,β-unsaturated/α-hetero) is 1. The second kappa shape index (κ2) is 15.3. The van der Waals surface area contributed by atoms with Gasteiger partial charge in [-0.15, -0.1) is 0 Å². The Kier molecular flexibility index (Phi) is 12.1. The molecule has 13 heteroatoms. The first-order valence-corrected chi connectivity index (χ1v) is 15.5. The number of alkyl carbamates (subject to hydrolysis) is 1. The zero-order valence-corrected chi connectivity index (χ0v) is 26.7. The Morgan fingerprint density at radius 1 is 1.04 bits per heavy atom. The topological polar surface area (TPSA) is 162 Å². The predicted molar refractivity (Wildman–Crippen MR) is 162 cm³/mol. The Hall–Kier alpha value is -4.03. The number of carboxylic acids is 1. The highest BCUT2D eigenvalue weighted by Gasteiger charge is 2.55. The third-order valence-electron chi connectivity index (χ3n) is 8.47. The molecule has 12 nitrogen and oxygen atoms in total. The molecular weight excluding hydrogens is 587 g/mol. The number of nitrogens with zero attached hydrogens (tertiary/aromatic N) is 2. The molecule has 1 aromatic rings. The molecule has 0 aliphatic carbocycles. The van der Waals surface area contributed by atoms with E-state index in [1.54, 1.807) is 71.9 Å². The molecule has 4 amide bonds. The fourth-order valence-electron chi connectivity index (χ4n) is 6.12. The van der Waals surface area contributed by atoms with Crippen LogP contribution in [0.4, 0.5) is 9.18 Å². The molecule has 2 fully saturated rings. The number of halogens is 1. The molecule has 2 heterocycles. The highest BCUT2D eigenvalue weighted by molar-refractivity contribution is 6.38. The van der Waals surface area contributed by atoms with Gasteiger partial charge in [-0.2, -0.15) is 0 Å². The van der Waals surface area contributed by atoms with E-state index >= 15 is 4.39 Å². The monoisotopic (exact) mass is 632 g/mol. The number of ketones is 1. The number of benzene rings is 1. The summed E-state index contributed by atoms with van der Waals surface area (Å²) in [7, 11) is 0. The van der Waals surface area contributed by atoms with Crippen LogP contribution in [0.5, 0.6) is 0 Å². The quantitative estimate of drug-likeness (QED) is 0.279. The molecule has 248 valence electrons. The number of likely N-dealkylation sites (tertiary alicyclic amines) is 2. The maximum absolute atomic E-state index is 15.9. The lowest BCUT2D eigenvalue weighted by Gasteiger charge is -2.38. The molecule has 2 aliphatic heterocycles. The molecule has 3 unspecified atom stereocenters. The summed E-state index contributed by atoms with van der Waals surface area (Å²) in [5.41, 5.74) is 0.632. The highest BCUT2D eigenvalue weighted by atomic mass is 19.1. The van der Waals surface area contributed by atoms with Crippen molar-refractivity contribution >= 4 is 35.6 Å². The van der Waals surface area contributed by atoms with Crippen molar-refractivity contribution in [1.82, 2.24) is 20.4 Å². The van der Waals surface area contributed by atoms with Gasteiger partial charge in [0.15, 0.2) is 0 Å². The normalized spacial score (nSPS) is 23.3. The number of aliphatic carboxylic acids is 1. The van der Waals surface area contributed by atoms with Gasteiger partial charge < -0.3 is 30.3 Å². The number of ether oxygens (including phenoxy) is 1. The van der Waals surface area contributed by atoms with Crippen LogP contribution in [0, 0.1) is 17.8 Å². The fourth-order valence-corrected chi connectivity index (χ4v) is 6.12. The maximum atomic E-state index is 15.9. The van der Waals surface area contributed by atoms with Crippen LogP contribution >= 0.6 is 0 Å². The zero-order chi connectivity index (χ0) is 33.6. The third kappa shape index (κ3) is 8.37. The summed E-state index contributed by atoms with van der Waals surface area (Å²) < 4.78 is 21.0. The zero-order valence-electron chi connectivity index (χ0n) is 26.7. The molecule has 2 aliphatic rings. The Balaban J connectivity index is 1.87. The van der Waals surface area contributed by atoms with Crippen molar-refractivity contribution < 1.29 is 43.0 Å². The number of carbonyl (C=O) groups is 6. The Bertz CT molecular complexity index is 1260. The number of carbonyl (C=O) groups excluding carboxylic acids is 5. The molecule has 3 rings (SSSR count). The van der Waals surface area contributed by atoms with E-state index < -0.39 is 96.3 Å². The van der Waals surface area contributed by atoms with Crippen LogP contribution in [0.25, 0.3) is 0 Å². The van der Waals surface area contributed by atoms with Crippen molar-refractivity contribution in [2.75, 3.05) is 13.1 Å². The van der Waals surface area contributed by atoms with Crippen LogP contribution in [-0.2, 0) is 35.1 Å². The summed E-state index contributed by atoms with van der Waals surface area (Å²) in [6, 6.07) is 3.62. The number of alkyl halides is 1. The fraction of sp³-hybridized carbons (Fsp3) is 0.625. The molecule has 3 N–H and O–H groups in total. The van der Waals surface area contributed by atoms with Gasteiger partial charge in [0.2, 0.25) is 17.6 Å². The first-order chi connectivity index (χ1) is 21.2. The number of rotatable bonds is 13. The maximum Gasteiger partial charge on any atom is 0.408 e. The second-order valence-corrected chi connectivity index (χ2v) is 12.5. The molecule has 45 heavy (non-hydrogen) atoms. The molecule has 0 saturated carbocycles. The van der Waals surface area contributed by atoms with Gasteiger partial charge in [-0.05, 0) is 37.7 Å². The standard InChI is InChI=1S/C32H45FN4O8/c1-7-11-24(27(38)28(39)34-23(31(42)43)14-20-12-9-8-10-13-20)36-16-22(33)21-15-37(26(19(21)6)30(36)41)29(40)25(17(2)3)35-32(44)45-18(4)5/h8-10,12-13,17-19,21-26H,7,11,14-16H2,1-6H3,(H,34,39)(H,35,44)(H,42,43)/t19-,21-,22-,23-,24?,25?,26?/m0/s1. The van der Waals surface area contributed by atoms with E-state index in [0.717, 1.165) is 4.90 Å². The lowest BCUT2D eigenvalue weighted by atomic mass is 9.90. The lowest BCUT2D eigenvalue weighted by molar-refractivity contribution is -0.153. The van der Waals surface area contributed by atoms with Gasteiger partial charge in [-0.1, -0.05) is 64.4 Å². The SMILES string of the molecule is CCCC(C(=O)C(=O)N[C@@H](Cc1ccccc1)C(=O)O)N1C[C@H](F)[C@H]2CN(C(=O)C(NC(=O)OC(C)C)C(C)C)C(C1=O)[C@H]2C. The number of fused-ring (bicyclic) bond motifs is 2. The van der Waals surface area contributed by atoms with Crippen molar-refractivity contribution in [3.05, 3.63) is 35.9 Å². The van der Waals surface area contributed by atoms with Crippen molar-refractivity contribution in [1.29, 1.82) is 0 Å². The van der Waals surface area contributed by atoms with Crippen molar-refractivity contribution in [2.24, 2.45) is 17.8 Å². The molecule has 1 aromatic carbocycles. The first-order valence-electron chi connectivity index (χ1n) is 15.5. The smallest absolute Gasteiger partial charge is 0.408 e. The van der Waals surface area contributed by atoms with E-state index in [-0.39, 0.29) is 19.4 Å². The van der Waals surface area contributed by atoms with Crippen LogP contribution in [0.2, 0.25) is 0 Å². The molecule has 2 bridgehead atoms. The number of nitrogens with one attached hydrogen (secondary N) is 2. The van der Waals surface area contributed by atoms with Crippen molar-refractivity contribution in [3.8, 4) is 0 Å². The summed E-state index contributed by atoms with van der Waals surface area (Å²) in [6.07, 6.45) is -2.52.